The second-order valence-corrected chi connectivity index (χ2v) is 5.95. The predicted molar refractivity (Wildman–Crippen MR) is 90.5 cm³/mol. The molecule has 1 aliphatic carbocycles. The van der Waals surface area contributed by atoms with Gasteiger partial charge in [-0.15, -0.1) is 0 Å². The van der Waals surface area contributed by atoms with E-state index in [1.54, 1.807) is 6.07 Å². The summed E-state index contributed by atoms with van der Waals surface area (Å²) in [6.45, 7) is 2.45. The van der Waals surface area contributed by atoms with Crippen molar-refractivity contribution in [3.8, 4) is 0 Å². The highest BCUT2D eigenvalue weighted by molar-refractivity contribution is 5.92. The fourth-order valence-electron chi connectivity index (χ4n) is 2.42. The number of aryl methyl sites for hydroxylation is 2. The summed E-state index contributed by atoms with van der Waals surface area (Å²) in [5.41, 5.74) is 1.72. The van der Waals surface area contributed by atoms with Gasteiger partial charge in [-0.2, -0.15) is 0 Å². The minimum atomic E-state index is -0.137. The molecule has 1 saturated carbocycles. The van der Waals surface area contributed by atoms with Crippen molar-refractivity contribution < 1.29 is 4.79 Å². The van der Waals surface area contributed by atoms with Gasteiger partial charge in [-0.05, 0) is 38.2 Å². The molecule has 3 rings (SSSR count). The maximum absolute atomic E-state index is 12.2. The molecule has 0 unspecified atom stereocenters. The van der Waals surface area contributed by atoms with Crippen LogP contribution in [0.25, 0.3) is 0 Å². The van der Waals surface area contributed by atoms with Gasteiger partial charge in [0.25, 0.3) is 5.91 Å². The number of hydrogen-bond donors (Lipinski definition) is 2. The molecule has 1 aromatic heterocycles. The van der Waals surface area contributed by atoms with Crippen molar-refractivity contribution in [1.29, 1.82) is 0 Å². The molecule has 0 aliphatic heterocycles. The third-order valence-electron chi connectivity index (χ3n) is 3.77. The largest absolute Gasteiger partial charge is 0.367 e. The van der Waals surface area contributed by atoms with Crippen molar-refractivity contribution in [3.63, 3.8) is 0 Å². The van der Waals surface area contributed by atoms with Crippen molar-refractivity contribution >= 4 is 11.7 Å². The molecule has 0 radical (unpaired) electrons. The number of rotatable bonds is 7. The zero-order valence-electron chi connectivity index (χ0n) is 13.4. The van der Waals surface area contributed by atoms with Crippen LogP contribution in [0.3, 0.4) is 0 Å². The van der Waals surface area contributed by atoms with E-state index in [-0.39, 0.29) is 5.91 Å². The van der Waals surface area contributed by atoms with Crippen molar-refractivity contribution in [2.24, 2.45) is 0 Å². The van der Waals surface area contributed by atoms with E-state index in [4.69, 9.17) is 0 Å². The quantitative estimate of drug-likeness (QED) is 0.772. The van der Waals surface area contributed by atoms with E-state index < -0.39 is 0 Å². The van der Waals surface area contributed by atoms with Crippen LogP contribution in [-0.2, 0) is 6.42 Å². The molecule has 1 amide bonds. The number of nitrogens with zero attached hydrogens (tertiary/aromatic N) is 2. The van der Waals surface area contributed by atoms with E-state index in [0.717, 1.165) is 18.7 Å². The second kappa shape index (κ2) is 7.22. The molecule has 0 atom stereocenters. The first kappa shape index (κ1) is 15.5. The summed E-state index contributed by atoms with van der Waals surface area (Å²) < 4.78 is 0. The van der Waals surface area contributed by atoms with Crippen LogP contribution < -0.4 is 10.6 Å². The Kier molecular flexibility index (Phi) is 4.86. The summed E-state index contributed by atoms with van der Waals surface area (Å²) in [6, 6.07) is 12.5. The maximum Gasteiger partial charge on any atom is 0.270 e. The SMILES string of the molecule is Cc1nc(NC2CC2)cc(C(=O)NCCCc2ccccc2)n1. The Morgan fingerprint density at radius 3 is 2.74 bits per heavy atom. The van der Waals surface area contributed by atoms with Crippen LogP contribution in [0, 0.1) is 6.92 Å². The smallest absolute Gasteiger partial charge is 0.270 e. The molecule has 0 spiro atoms. The summed E-state index contributed by atoms with van der Waals surface area (Å²) in [6.07, 6.45) is 4.21. The van der Waals surface area contributed by atoms with Crippen molar-refractivity contribution in [3.05, 3.63) is 53.5 Å². The molecular formula is C18H22N4O. The Balaban J connectivity index is 1.50. The average Bonchev–Trinajstić information content (AvgIpc) is 3.36. The maximum atomic E-state index is 12.2. The van der Waals surface area contributed by atoms with Gasteiger partial charge in [0.15, 0.2) is 0 Å². The van der Waals surface area contributed by atoms with Crippen LogP contribution in [0.1, 0.15) is 41.1 Å². The Morgan fingerprint density at radius 1 is 1.22 bits per heavy atom. The van der Waals surface area contributed by atoms with Gasteiger partial charge in [0.1, 0.15) is 17.3 Å². The third-order valence-corrected chi connectivity index (χ3v) is 3.77. The van der Waals surface area contributed by atoms with Gasteiger partial charge >= 0.3 is 0 Å². The summed E-state index contributed by atoms with van der Waals surface area (Å²) in [7, 11) is 0. The van der Waals surface area contributed by atoms with E-state index in [0.29, 0.717) is 24.1 Å². The molecule has 2 N–H and O–H groups in total. The molecule has 0 bridgehead atoms. The predicted octanol–water partition coefficient (Wildman–Crippen LogP) is 2.72. The zero-order valence-corrected chi connectivity index (χ0v) is 13.4. The van der Waals surface area contributed by atoms with E-state index in [2.05, 4.69) is 32.7 Å². The van der Waals surface area contributed by atoms with Crippen LogP contribution in [-0.4, -0.2) is 28.5 Å². The van der Waals surface area contributed by atoms with Crippen LogP contribution in [0.5, 0.6) is 0 Å². The molecular weight excluding hydrogens is 288 g/mol. The lowest BCUT2D eigenvalue weighted by Crippen LogP contribution is -2.26. The van der Waals surface area contributed by atoms with Crippen LogP contribution in [0.4, 0.5) is 5.82 Å². The van der Waals surface area contributed by atoms with Crippen LogP contribution in [0.15, 0.2) is 36.4 Å². The molecule has 1 fully saturated rings. The van der Waals surface area contributed by atoms with Crippen molar-refractivity contribution in [1.82, 2.24) is 15.3 Å². The Labute approximate surface area is 136 Å². The minimum Gasteiger partial charge on any atom is -0.367 e. The summed E-state index contributed by atoms with van der Waals surface area (Å²) in [5.74, 6) is 1.22. The van der Waals surface area contributed by atoms with E-state index in [1.165, 1.54) is 18.4 Å². The topological polar surface area (TPSA) is 66.9 Å². The Bertz CT molecular complexity index is 668. The lowest BCUT2D eigenvalue weighted by atomic mass is 10.1. The normalized spacial score (nSPS) is 13.6. The van der Waals surface area contributed by atoms with Gasteiger partial charge in [-0.3, -0.25) is 4.79 Å². The highest BCUT2D eigenvalue weighted by Gasteiger charge is 2.22. The zero-order chi connectivity index (χ0) is 16.1. The molecule has 1 aromatic carbocycles. The first-order valence-corrected chi connectivity index (χ1v) is 8.15. The lowest BCUT2D eigenvalue weighted by Gasteiger charge is -2.08. The number of anilines is 1. The summed E-state index contributed by atoms with van der Waals surface area (Å²) >= 11 is 0. The van der Waals surface area contributed by atoms with Gasteiger partial charge in [0, 0.05) is 18.7 Å². The molecule has 120 valence electrons. The fraction of sp³-hybridized carbons (Fsp3) is 0.389. The molecule has 5 nitrogen and oxygen atoms in total. The number of amides is 1. The Hall–Kier alpha value is -2.43. The van der Waals surface area contributed by atoms with Gasteiger partial charge in [0.2, 0.25) is 0 Å². The molecule has 23 heavy (non-hydrogen) atoms. The van der Waals surface area contributed by atoms with Crippen LogP contribution >= 0.6 is 0 Å². The second-order valence-electron chi connectivity index (χ2n) is 5.95. The van der Waals surface area contributed by atoms with Gasteiger partial charge in [0.05, 0.1) is 0 Å². The minimum absolute atomic E-state index is 0.137. The Morgan fingerprint density at radius 2 is 2.00 bits per heavy atom. The third kappa shape index (κ3) is 4.77. The van der Waals surface area contributed by atoms with Crippen LogP contribution in [0.2, 0.25) is 0 Å². The first-order valence-electron chi connectivity index (χ1n) is 8.15. The first-order chi connectivity index (χ1) is 11.2. The highest BCUT2D eigenvalue weighted by atomic mass is 16.1. The van der Waals surface area contributed by atoms with Gasteiger partial charge < -0.3 is 10.6 Å². The average molecular weight is 310 g/mol. The lowest BCUT2D eigenvalue weighted by molar-refractivity contribution is 0.0948. The van der Waals surface area contributed by atoms with Gasteiger partial charge in [-0.1, -0.05) is 30.3 Å². The summed E-state index contributed by atoms with van der Waals surface area (Å²) in [4.78, 5) is 20.8. The van der Waals surface area contributed by atoms with Crippen molar-refractivity contribution in [2.75, 3.05) is 11.9 Å². The van der Waals surface area contributed by atoms with Gasteiger partial charge in [-0.25, -0.2) is 9.97 Å². The number of nitrogens with one attached hydrogen (secondary N) is 2. The monoisotopic (exact) mass is 310 g/mol. The number of aromatic nitrogens is 2. The molecule has 1 heterocycles. The number of hydrogen-bond acceptors (Lipinski definition) is 4. The molecule has 1 aliphatic rings. The van der Waals surface area contributed by atoms with Crippen molar-refractivity contribution in [2.45, 2.75) is 38.6 Å². The van der Waals surface area contributed by atoms with E-state index in [1.807, 2.05) is 25.1 Å². The number of benzene rings is 1. The fourth-order valence-corrected chi connectivity index (χ4v) is 2.42. The molecule has 5 heteroatoms. The molecule has 0 saturated heterocycles. The standard InChI is InChI=1S/C18H22N4O/c1-13-20-16(12-17(21-13)22-15-9-10-15)18(23)19-11-5-8-14-6-3-2-4-7-14/h2-4,6-7,12,15H,5,8-11H2,1H3,(H,19,23)(H,20,21,22). The van der Waals surface area contributed by atoms with E-state index in [9.17, 15) is 4.79 Å². The molecule has 2 aromatic rings. The summed E-state index contributed by atoms with van der Waals surface area (Å²) in [5, 5.41) is 6.25. The van der Waals surface area contributed by atoms with E-state index >= 15 is 0 Å². The number of carbonyl (C=O) groups is 1. The number of carbonyl (C=O) groups excluding carboxylic acids is 1. The highest BCUT2D eigenvalue weighted by Crippen LogP contribution is 2.23.